The Morgan fingerprint density at radius 2 is 1.85 bits per heavy atom. The first-order chi connectivity index (χ1) is 12.2. The number of benzene rings is 2. The van der Waals surface area contributed by atoms with E-state index in [-0.39, 0.29) is 18.3 Å². The molecule has 26 heavy (non-hydrogen) atoms. The van der Waals surface area contributed by atoms with Crippen molar-refractivity contribution in [2.75, 3.05) is 23.7 Å². The van der Waals surface area contributed by atoms with Crippen LogP contribution in [0.2, 0.25) is 0 Å². The fourth-order valence-electron chi connectivity index (χ4n) is 3.40. The maximum absolute atomic E-state index is 12.4. The van der Waals surface area contributed by atoms with Crippen LogP contribution in [0.3, 0.4) is 0 Å². The van der Waals surface area contributed by atoms with Gasteiger partial charge in [-0.1, -0.05) is 31.2 Å². The number of rotatable bonds is 6. The maximum atomic E-state index is 12.4. The zero-order chi connectivity index (χ0) is 17.5. The summed E-state index contributed by atoms with van der Waals surface area (Å²) in [6.07, 6.45) is 3.00. The molecule has 0 saturated carbocycles. The summed E-state index contributed by atoms with van der Waals surface area (Å²) < 4.78 is 0. The number of amides is 1. The summed E-state index contributed by atoms with van der Waals surface area (Å²) >= 11 is 0. The third-order valence-electron chi connectivity index (χ3n) is 4.86. The van der Waals surface area contributed by atoms with Crippen LogP contribution in [-0.2, 0) is 4.79 Å². The van der Waals surface area contributed by atoms with Gasteiger partial charge in [0.1, 0.15) is 0 Å². The van der Waals surface area contributed by atoms with Crippen LogP contribution >= 0.6 is 12.4 Å². The van der Waals surface area contributed by atoms with Gasteiger partial charge in [-0.25, -0.2) is 0 Å². The van der Waals surface area contributed by atoms with E-state index >= 15 is 0 Å². The molecular weight excluding hydrogens is 346 g/mol. The highest BCUT2D eigenvalue weighted by atomic mass is 35.5. The molecule has 4 nitrogen and oxygen atoms in total. The predicted molar refractivity (Wildman–Crippen MR) is 111 cm³/mol. The third-order valence-corrected chi connectivity index (χ3v) is 4.86. The van der Waals surface area contributed by atoms with Crippen molar-refractivity contribution in [2.45, 2.75) is 26.2 Å². The highest BCUT2D eigenvalue weighted by molar-refractivity contribution is 5.91. The molecule has 2 aromatic rings. The second-order valence-corrected chi connectivity index (χ2v) is 6.91. The Labute approximate surface area is 162 Å². The molecule has 2 atom stereocenters. The SMILES string of the molecule is CC(CC(=O)Nc1cccc(Nc2ccccc2)c1)C1CCCNC1.Cl. The van der Waals surface area contributed by atoms with Crippen molar-refractivity contribution in [3.8, 4) is 0 Å². The zero-order valence-corrected chi connectivity index (χ0v) is 16.0. The average Bonchev–Trinajstić information content (AvgIpc) is 2.63. The fourth-order valence-corrected chi connectivity index (χ4v) is 3.40. The van der Waals surface area contributed by atoms with Gasteiger partial charge in [0.15, 0.2) is 0 Å². The first kappa shape index (κ1) is 20.3. The van der Waals surface area contributed by atoms with Crippen LogP contribution in [0.4, 0.5) is 17.1 Å². The minimum absolute atomic E-state index is 0. The number of anilines is 3. The first-order valence-electron chi connectivity index (χ1n) is 9.13. The second kappa shape index (κ2) is 10.2. The number of hydrogen-bond donors (Lipinski definition) is 3. The molecule has 3 N–H and O–H groups in total. The normalized spacial score (nSPS) is 17.7. The molecule has 1 fully saturated rings. The van der Waals surface area contributed by atoms with E-state index in [1.807, 2.05) is 54.6 Å². The summed E-state index contributed by atoms with van der Waals surface area (Å²) in [7, 11) is 0. The number of para-hydroxylation sites is 1. The quantitative estimate of drug-likeness (QED) is 0.680. The molecule has 1 saturated heterocycles. The highest BCUT2D eigenvalue weighted by Gasteiger charge is 2.22. The molecule has 0 spiro atoms. The Morgan fingerprint density at radius 3 is 2.58 bits per heavy atom. The molecular formula is C21H28ClN3O. The van der Waals surface area contributed by atoms with E-state index in [1.54, 1.807) is 0 Å². The summed E-state index contributed by atoms with van der Waals surface area (Å²) in [5.74, 6) is 1.10. The van der Waals surface area contributed by atoms with Crippen LogP contribution < -0.4 is 16.0 Å². The lowest BCUT2D eigenvalue weighted by Crippen LogP contribution is -2.34. The number of carbonyl (C=O) groups is 1. The van der Waals surface area contributed by atoms with E-state index in [2.05, 4.69) is 22.9 Å². The Hall–Kier alpha value is -2.04. The van der Waals surface area contributed by atoms with Gasteiger partial charge in [0.05, 0.1) is 0 Å². The fraction of sp³-hybridized carbons (Fsp3) is 0.381. The number of hydrogen-bond acceptors (Lipinski definition) is 3. The number of piperidine rings is 1. The molecule has 1 amide bonds. The van der Waals surface area contributed by atoms with Gasteiger partial charge < -0.3 is 16.0 Å². The van der Waals surface area contributed by atoms with Crippen molar-refractivity contribution in [1.29, 1.82) is 0 Å². The summed E-state index contributed by atoms with van der Waals surface area (Å²) in [5, 5.41) is 9.82. The Balaban J connectivity index is 0.00000243. The number of nitrogens with one attached hydrogen (secondary N) is 3. The Kier molecular flexibility index (Phi) is 7.95. The second-order valence-electron chi connectivity index (χ2n) is 6.91. The van der Waals surface area contributed by atoms with Gasteiger partial charge in [0, 0.05) is 23.5 Å². The van der Waals surface area contributed by atoms with E-state index in [0.29, 0.717) is 18.3 Å². The Bertz CT molecular complexity index is 687. The molecule has 0 aliphatic carbocycles. The number of carbonyl (C=O) groups excluding carboxylic acids is 1. The average molecular weight is 374 g/mol. The third kappa shape index (κ3) is 6.04. The van der Waals surface area contributed by atoms with Gasteiger partial charge in [0.2, 0.25) is 5.91 Å². The van der Waals surface area contributed by atoms with Gasteiger partial charge in [-0.05, 0) is 68.1 Å². The first-order valence-corrected chi connectivity index (χ1v) is 9.13. The number of halogens is 1. The molecule has 0 radical (unpaired) electrons. The summed E-state index contributed by atoms with van der Waals surface area (Å²) in [5.41, 5.74) is 2.83. The molecule has 1 heterocycles. The molecule has 5 heteroatoms. The van der Waals surface area contributed by atoms with E-state index < -0.39 is 0 Å². The van der Waals surface area contributed by atoms with Gasteiger partial charge in [-0.3, -0.25) is 4.79 Å². The van der Waals surface area contributed by atoms with Crippen LogP contribution in [-0.4, -0.2) is 19.0 Å². The molecule has 2 unspecified atom stereocenters. The van der Waals surface area contributed by atoms with E-state index in [1.165, 1.54) is 12.8 Å². The van der Waals surface area contributed by atoms with Gasteiger partial charge in [0.25, 0.3) is 0 Å². The lowest BCUT2D eigenvalue weighted by Gasteiger charge is -2.28. The van der Waals surface area contributed by atoms with E-state index in [0.717, 1.165) is 30.2 Å². The maximum Gasteiger partial charge on any atom is 0.224 e. The van der Waals surface area contributed by atoms with Gasteiger partial charge in [-0.15, -0.1) is 12.4 Å². The largest absolute Gasteiger partial charge is 0.355 e. The van der Waals surface area contributed by atoms with Gasteiger partial charge in [-0.2, -0.15) is 0 Å². The highest BCUT2D eigenvalue weighted by Crippen LogP contribution is 2.24. The molecule has 0 bridgehead atoms. The van der Waals surface area contributed by atoms with Crippen LogP contribution in [0, 0.1) is 11.8 Å². The lowest BCUT2D eigenvalue weighted by atomic mass is 9.85. The van der Waals surface area contributed by atoms with E-state index in [4.69, 9.17) is 0 Å². The Morgan fingerprint density at radius 1 is 1.12 bits per heavy atom. The lowest BCUT2D eigenvalue weighted by molar-refractivity contribution is -0.117. The topological polar surface area (TPSA) is 53.2 Å². The van der Waals surface area contributed by atoms with Crippen molar-refractivity contribution in [2.24, 2.45) is 11.8 Å². The zero-order valence-electron chi connectivity index (χ0n) is 15.2. The van der Waals surface area contributed by atoms with Crippen molar-refractivity contribution >= 4 is 35.4 Å². The predicted octanol–water partition coefficient (Wildman–Crippen LogP) is 4.82. The van der Waals surface area contributed by atoms with Crippen molar-refractivity contribution in [3.63, 3.8) is 0 Å². The van der Waals surface area contributed by atoms with Crippen molar-refractivity contribution in [1.82, 2.24) is 5.32 Å². The van der Waals surface area contributed by atoms with Crippen molar-refractivity contribution < 1.29 is 4.79 Å². The molecule has 0 aromatic heterocycles. The molecule has 1 aliphatic heterocycles. The van der Waals surface area contributed by atoms with Crippen LogP contribution in [0.15, 0.2) is 54.6 Å². The minimum Gasteiger partial charge on any atom is -0.355 e. The van der Waals surface area contributed by atoms with Crippen LogP contribution in [0.1, 0.15) is 26.2 Å². The molecule has 1 aliphatic rings. The van der Waals surface area contributed by atoms with Gasteiger partial charge >= 0.3 is 0 Å². The summed E-state index contributed by atoms with van der Waals surface area (Å²) in [4.78, 5) is 12.4. The van der Waals surface area contributed by atoms with Crippen LogP contribution in [0.25, 0.3) is 0 Å². The van der Waals surface area contributed by atoms with Crippen molar-refractivity contribution in [3.05, 3.63) is 54.6 Å². The summed E-state index contributed by atoms with van der Waals surface area (Å²) in [6.45, 7) is 4.33. The van der Waals surface area contributed by atoms with E-state index in [9.17, 15) is 4.79 Å². The molecule has 140 valence electrons. The van der Waals surface area contributed by atoms with Crippen LogP contribution in [0.5, 0.6) is 0 Å². The monoisotopic (exact) mass is 373 g/mol. The summed E-state index contributed by atoms with van der Waals surface area (Å²) in [6, 6.07) is 17.9. The minimum atomic E-state index is 0. The standard InChI is InChI=1S/C21H27N3O.ClH/c1-16(17-7-6-12-22-15-17)13-21(25)24-20-11-5-10-19(14-20)23-18-8-3-2-4-9-18;/h2-5,8-11,14,16-17,22-23H,6-7,12-13,15H2,1H3,(H,24,25);1H. The molecule has 2 aromatic carbocycles. The smallest absolute Gasteiger partial charge is 0.224 e. The molecule has 3 rings (SSSR count).